The molecule has 1 aliphatic rings. The van der Waals surface area contributed by atoms with Crippen molar-refractivity contribution >= 4 is 39.0 Å². The Morgan fingerprint density at radius 2 is 1.60 bits per heavy atom. The highest BCUT2D eigenvalue weighted by molar-refractivity contribution is 7.89. The van der Waals surface area contributed by atoms with E-state index in [4.69, 9.17) is 11.6 Å². The third kappa shape index (κ3) is 4.31. The molecule has 1 aliphatic heterocycles. The lowest BCUT2D eigenvalue weighted by atomic mass is 10.3. The summed E-state index contributed by atoms with van der Waals surface area (Å²) < 4.78 is 26.4. The minimum Gasteiger partial charge on any atom is -0.308 e. The minimum absolute atomic E-state index is 0.232. The molecule has 3 rings (SSSR count). The van der Waals surface area contributed by atoms with E-state index in [-0.39, 0.29) is 4.90 Å². The normalized spacial score (nSPS) is 15.1. The summed E-state index contributed by atoms with van der Waals surface area (Å²) in [5, 5.41) is 5.84. The van der Waals surface area contributed by atoms with E-state index in [1.807, 2.05) is 0 Å². The van der Waals surface area contributed by atoms with Crippen molar-refractivity contribution in [2.24, 2.45) is 0 Å². The molecule has 0 saturated carbocycles. The molecule has 2 aromatic rings. The SMILES string of the molecule is O=C(Nc1ccc(S(=O)(=O)N2CCCC2)cc1)Nc1cccc(Cl)c1. The van der Waals surface area contributed by atoms with Gasteiger partial charge in [0, 0.05) is 29.5 Å². The van der Waals surface area contributed by atoms with Crippen molar-refractivity contribution in [1.29, 1.82) is 0 Å². The molecule has 132 valence electrons. The van der Waals surface area contributed by atoms with E-state index in [0.29, 0.717) is 29.5 Å². The Bertz CT molecular complexity index is 863. The average Bonchev–Trinajstić information content (AvgIpc) is 3.10. The van der Waals surface area contributed by atoms with Crippen molar-refractivity contribution in [2.75, 3.05) is 23.7 Å². The first-order valence-electron chi connectivity index (χ1n) is 7.89. The Labute approximate surface area is 151 Å². The smallest absolute Gasteiger partial charge is 0.308 e. The summed E-state index contributed by atoms with van der Waals surface area (Å²) in [4.78, 5) is 12.2. The second kappa shape index (κ2) is 7.43. The monoisotopic (exact) mass is 379 g/mol. The number of carbonyl (C=O) groups excluding carboxylic acids is 1. The molecule has 8 heteroatoms. The lowest BCUT2D eigenvalue weighted by Gasteiger charge is -2.15. The molecular weight excluding hydrogens is 362 g/mol. The van der Waals surface area contributed by atoms with E-state index in [1.165, 1.54) is 16.4 Å². The van der Waals surface area contributed by atoms with Gasteiger partial charge in [0.1, 0.15) is 0 Å². The number of halogens is 1. The van der Waals surface area contributed by atoms with E-state index in [9.17, 15) is 13.2 Å². The van der Waals surface area contributed by atoms with Crippen molar-refractivity contribution in [3.8, 4) is 0 Å². The van der Waals surface area contributed by atoms with Gasteiger partial charge in [0.2, 0.25) is 10.0 Å². The summed E-state index contributed by atoms with van der Waals surface area (Å²) in [5.74, 6) is 0. The number of urea groups is 1. The molecule has 0 spiro atoms. The van der Waals surface area contributed by atoms with Gasteiger partial charge in [-0.05, 0) is 55.3 Å². The molecule has 6 nitrogen and oxygen atoms in total. The predicted molar refractivity (Wildman–Crippen MR) is 98.5 cm³/mol. The van der Waals surface area contributed by atoms with Crippen molar-refractivity contribution in [3.63, 3.8) is 0 Å². The molecule has 0 bridgehead atoms. The van der Waals surface area contributed by atoms with Gasteiger partial charge >= 0.3 is 6.03 Å². The van der Waals surface area contributed by atoms with Gasteiger partial charge in [-0.1, -0.05) is 17.7 Å². The largest absolute Gasteiger partial charge is 0.323 e. The van der Waals surface area contributed by atoms with E-state index in [2.05, 4.69) is 10.6 Å². The quantitative estimate of drug-likeness (QED) is 0.848. The first-order valence-corrected chi connectivity index (χ1v) is 9.71. The molecule has 1 heterocycles. The molecule has 0 radical (unpaired) electrons. The van der Waals surface area contributed by atoms with Gasteiger partial charge < -0.3 is 10.6 Å². The summed E-state index contributed by atoms with van der Waals surface area (Å²) in [6, 6.07) is 12.5. The number of hydrogen-bond acceptors (Lipinski definition) is 3. The van der Waals surface area contributed by atoms with Gasteiger partial charge in [0.05, 0.1) is 4.90 Å². The van der Waals surface area contributed by atoms with Crippen LogP contribution in [0.3, 0.4) is 0 Å². The van der Waals surface area contributed by atoms with Crippen LogP contribution in [0.25, 0.3) is 0 Å². The van der Waals surface area contributed by atoms with Gasteiger partial charge in [0.25, 0.3) is 0 Å². The Balaban J connectivity index is 1.65. The number of anilines is 2. The molecule has 2 N–H and O–H groups in total. The van der Waals surface area contributed by atoms with Gasteiger partial charge in [0.15, 0.2) is 0 Å². The van der Waals surface area contributed by atoms with E-state index in [0.717, 1.165) is 12.8 Å². The van der Waals surface area contributed by atoms with Crippen LogP contribution >= 0.6 is 11.6 Å². The Morgan fingerprint density at radius 1 is 0.960 bits per heavy atom. The highest BCUT2D eigenvalue weighted by Gasteiger charge is 2.26. The molecule has 25 heavy (non-hydrogen) atoms. The lowest BCUT2D eigenvalue weighted by Crippen LogP contribution is -2.27. The first kappa shape index (κ1) is 17.7. The molecule has 0 atom stereocenters. The maximum atomic E-state index is 12.5. The minimum atomic E-state index is -3.45. The van der Waals surface area contributed by atoms with Crippen molar-refractivity contribution < 1.29 is 13.2 Å². The molecule has 0 unspecified atom stereocenters. The van der Waals surface area contributed by atoms with Gasteiger partial charge in [-0.15, -0.1) is 0 Å². The van der Waals surface area contributed by atoms with Crippen molar-refractivity contribution in [1.82, 2.24) is 4.31 Å². The van der Waals surface area contributed by atoms with Gasteiger partial charge in [-0.3, -0.25) is 0 Å². The maximum Gasteiger partial charge on any atom is 0.323 e. The van der Waals surface area contributed by atoms with Crippen LogP contribution in [0.15, 0.2) is 53.4 Å². The number of carbonyl (C=O) groups is 1. The van der Waals surface area contributed by atoms with Crippen LogP contribution in [0.5, 0.6) is 0 Å². The number of amides is 2. The fourth-order valence-corrected chi connectivity index (χ4v) is 4.35. The van der Waals surface area contributed by atoms with Crippen LogP contribution in [-0.4, -0.2) is 31.8 Å². The highest BCUT2D eigenvalue weighted by atomic mass is 35.5. The molecule has 0 aromatic heterocycles. The molecule has 2 aromatic carbocycles. The first-order chi connectivity index (χ1) is 11.9. The Morgan fingerprint density at radius 3 is 2.24 bits per heavy atom. The Hall–Kier alpha value is -2.09. The van der Waals surface area contributed by atoms with E-state index < -0.39 is 16.1 Å². The van der Waals surface area contributed by atoms with Crippen LogP contribution < -0.4 is 10.6 Å². The maximum absolute atomic E-state index is 12.5. The third-order valence-electron chi connectivity index (χ3n) is 3.90. The van der Waals surface area contributed by atoms with Crippen molar-refractivity contribution in [2.45, 2.75) is 17.7 Å². The molecular formula is C17H18ClN3O3S. The number of rotatable bonds is 4. The number of sulfonamides is 1. The topological polar surface area (TPSA) is 78.5 Å². The zero-order valence-corrected chi connectivity index (χ0v) is 15.0. The van der Waals surface area contributed by atoms with E-state index >= 15 is 0 Å². The van der Waals surface area contributed by atoms with Gasteiger partial charge in [-0.2, -0.15) is 4.31 Å². The number of nitrogens with one attached hydrogen (secondary N) is 2. The van der Waals surface area contributed by atoms with Crippen LogP contribution in [0.1, 0.15) is 12.8 Å². The number of benzene rings is 2. The standard InChI is InChI=1S/C17H18ClN3O3S/c18-13-4-3-5-15(12-13)20-17(22)19-14-6-8-16(9-7-14)25(23,24)21-10-1-2-11-21/h3-9,12H,1-2,10-11H2,(H2,19,20,22). The Kier molecular flexibility index (Phi) is 5.27. The fourth-order valence-electron chi connectivity index (χ4n) is 2.65. The zero-order chi connectivity index (χ0) is 17.9. The number of nitrogens with zero attached hydrogens (tertiary/aromatic N) is 1. The van der Waals surface area contributed by atoms with Crippen LogP contribution in [-0.2, 0) is 10.0 Å². The summed E-state index contributed by atoms with van der Waals surface area (Å²) >= 11 is 5.87. The molecule has 0 aliphatic carbocycles. The van der Waals surface area contributed by atoms with Crippen LogP contribution in [0, 0.1) is 0 Å². The van der Waals surface area contributed by atoms with Crippen LogP contribution in [0.4, 0.5) is 16.2 Å². The molecule has 2 amide bonds. The summed E-state index contributed by atoms with van der Waals surface area (Å²) in [6.07, 6.45) is 1.78. The lowest BCUT2D eigenvalue weighted by molar-refractivity contribution is 0.262. The molecule has 1 fully saturated rings. The van der Waals surface area contributed by atoms with Gasteiger partial charge in [-0.25, -0.2) is 13.2 Å². The predicted octanol–water partition coefficient (Wildman–Crippen LogP) is 3.77. The number of hydrogen-bond donors (Lipinski definition) is 2. The second-order valence-corrected chi connectivity index (χ2v) is 8.10. The zero-order valence-electron chi connectivity index (χ0n) is 13.4. The van der Waals surface area contributed by atoms with E-state index in [1.54, 1.807) is 36.4 Å². The second-order valence-electron chi connectivity index (χ2n) is 5.73. The summed E-state index contributed by atoms with van der Waals surface area (Å²) in [6.45, 7) is 1.12. The van der Waals surface area contributed by atoms with Crippen LogP contribution in [0.2, 0.25) is 5.02 Å². The third-order valence-corrected chi connectivity index (χ3v) is 6.05. The molecule has 1 saturated heterocycles. The summed E-state index contributed by atoms with van der Waals surface area (Å²) in [7, 11) is -3.45. The highest BCUT2D eigenvalue weighted by Crippen LogP contribution is 2.22. The average molecular weight is 380 g/mol. The summed E-state index contributed by atoms with van der Waals surface area (Å²) in [5.41, 5.74) is 1.07. The van der Waals surface area contributed by atoms with Crippen molar-refractivity contribution in [3.05, 3.63) is 53.6 Å². The fraction of sp³-hybridized carbons (Fsp3) is 0.235.